The third-order valence-electron chi connectivity index (χ3n) is 13.5. The van der Waals surface area contributed by atoms with Gasteiger partial charge in [-0.1, -0.05) is 164 Å². The predicted molar refractivity (Wildman–Crippen MR) is 266 cm³/mol. The molecule has 1 unspecified atom stereocenters. The van der Waals surface area contributed by atoms with Crippen molar-refractivity contribution in [2.45, 2.75) is 5.41 Å². The first-order valence-electron chi connectivity index (χ1n) is 22.1. The summed E-state index contributed by atoms with van der Waals surface area (Å²) in [6.45, 7) is 0. The van der Waals surface area contributed by atoms with E-state index in [2.05, 4.69) is 263 Å². The minimum Gasteiger partial charge on any atom is -0.310 e. The van der Waals surface area contributed by atoms with Gasteiger partial charge in [0.15, 0.2) is 0 Å². The van der Waals surface area contributed by atoms with Crippen LogP contribution in [0.3, 0.4) is 0 Å². The van der Waals surface area contributed by atoms with Gasteiger partial charge in [0.05, 0.1) is 22.1 Å². The van der Waals surface area contributed by atoms with Crippen molar-refractivity contribution in [3.63, 3.8) is 0 Å². The lowest BCUT2D eigenvalue weighted by molar-refractivity contribution is 0.793. The molecule has 3 nitrogen and oxygen atoms in total. The van der Waals surface area contributed by atoms with Crippen molar-refractivity contribution >= 4 is 55.9 Å². The Hall–Kier alpha value is -8.40. The van der Waals surface area contributed by atoms with Crippen molar-refractivity contribution in [3.8, 4) is 27.9 Å². The number of nitrogens with zero attached hydrogens (tertiary/aromatic N) is 3. The fourth-order valence-electron chi connectivity index (χ4n) is 11.0. The van der Waals surface area contributed by atoms with Gasteiger partial charge < -0.3 is 14.4 Å². The average molecular weight is 816 g/mol. The van der Waals surface area contributed by atoms with Crippen molar-refractivity contribution in [1.82, 2.24) is 4.57 Å². The Balaban J connectivity index is 1.04. The molecule has 0 saturated heterocycles. The van der Waals surface area contributed by atoms with Gasteiger partial charge in [-0.15, -0.1) is 0 Å². The zero-order valence-corrected chi connectivity index (χ0v) is 35.0. The molecule has 11 aromatic rings. The van der Waals surface area contributed by atoms with Gasteiger partial charge in [-0.3, -0.25) is 0 Å². The third-order valence-corrected chi connectivity index (χ3v) is 13.5. The van der Waals surface area contributed by atoms with Crippen LogP contribution in [0.4, 0.5) is 34.1 Å². The van der Waals surface area contributed by atoms with Crippen LogP contribution in [-0.4, -0.2) is 4.57 Å². The molecule has 0 radical (unpaired) electrons. The summed E-state index contributed by atoms with van der Waals surface area (Å²) in [5, 5.41) is 2.48. The van der Waals surface area contributed by atoms with E-state index in [-0.39, 0.29) is 0 Å². The fraction of sp³-hybridized carbons (Fsp3) is 0.0164. The van der Waals surface area contributed by atoms with Crippen LogP contribution in [0.5, 0.6) is 0 Å². The van der Waals surface area contributed by atoms with Gasteiger partial charge in [-0.2, -0.15) is 0 Å². The molecule has 0 N–H and O–H groups in total. The molecule has 0 bridgehead atoms. The van der Waals surface area contributed by atoms with E-state index in [0.29, 0.717) is 0 Å². The fourth-order valence-corrected chi connectivity index (χ4v) is 11.0. The molecule has 10 aromatic carbocycles. The van der Waals surface area contributed by atoms with Gasteiger partial charge in [0, 0.05) is 50.5 Å². The Kier molecular flexibility index (Phi) is 8.13. The molecule has 13 rings (SSSR count). The Bertz CT molecular complexity index is 3520. The van der Waals surface area contributed by atoms with Crippen LogP contribution in [0.2, 0.25) is 0 Å². The van der Waals surface area contributed by atoms with Crippen molar-refractivity contribution in [1.29, 1.82) is 0 Å². The highest BCUT2D eigenvalue weighted by Gasteiger charge is 2.52. The number of hydrogen-bond acceptors (Lipinski definition) is 2. The quantitative estimate of drug-likeness (QED) is 0.159. The summed E-state index contributed by atoms with van der Waals surface area (Å²) in [7, 11) is 0. The van der Waals surface area contributed by atoms with Crippen LogP contribution in [0, 0.1) is 0 Å². The van der Waals surface area contributed by atoms with Gasteiger partial charge in [0.25, 0.3) is 0 Å². The molecule has 1 atom stereocenters. The number of fused-ring (bicyclic) bond motifs is 13. The Morgan fingerprint density at radius 3 is 1.50 bits per heavy atom. The zero-order valence-electron chi connectivity index (χ0n) is 35.0. The maximum atomic E-state index is 2.44. The Labute approximate surface area is 373 Å². The van der Waals surface area contributed by atoms with E-state index in [4.69, 9.17) is 0 Å². The highest BCUT2D eigenvalue weighted by molar-refractivity contribution is 6.10. The van der Waals surface area contributed by atoms with Crippen molar-refractivity contribution in [3.05, 3.63) is 271 Å². The number of hydrogen-bond donors (Lipinski definition) is 0. The van der Waals surface area contributed by atoms with Gasteiger partial charge in [0.2, 0.25) is 0 Å². The third kappa shape index (κ3) is 5.22. The monoisotopic (exact) mass is 815 g/mol. The van der Waals surface area contributed by atoms with Crippen LogP contribution in [0.1, 0.15) is 22.3 Å². The number of anilines is 6. The number of para-hydroxylation sites is 5. The second-order valence-electron chi connectivity index (χ2n) is 16.8. The number of aromatic nitrogens is 1. The first-order chi connectivity index (χ1) is 31.8. The van der Waals surface area contributed by atoms with Crippen molar-refractivity contribution < 1.29 is 0 Å². The molecule has 0 amide bonds. The minimum absolute atomic E-state index is 0.515. The lowest BCUT2D eigenvalue weighted by Crippen LogP contribution is -2.26. The lowest BCUT2D eigenvalue weighted by atomic mass is 9.70. The summed E-state index contributed by atoms with van der Waals surface area (Å²) in [6.07, 6.45) is 0. The van der Waals surface area contributed by atoms with Crippen LogP contribution < -0.4 is 9.80 Å². The van der Waals surface area contributed by atoms with E-state index >= 15 is 0 Å². The van der Waals surface area contributed by atoms with Gasteiger partial charge in [-0.05, 0) is 124 Å². The molecule has 1 aromatic heterocycles. The summed E-state index contributed by atoms with van der Waals surface area (Å²) in [5.74, 6) is 0. The van der Waals surface area contributed by atoms with Gasteiger partial charge in [-0.25, -0.2) is 0 Å². The summed E-state index contributed by atoms with van der Waals surface area (Å²) in [5.41, 5.74) is 20.0. The predicted octanol–water partition coefficient (Wildman–Crippen LogP) is 16.1. The molecule has 300 valence electrons. The average Bonchev–Trinajstić information content (AvgIpc) is 3.97. The Morgan fingerprint density at radius 1 is 0.297 bits per heavy atom. The topological polar surface area (TPSA) is 11.4 Å². The van der Waals surface area contributed by atoms with Crippen LogP contribution in [0.15, 0.2) is 249 Å². The highest BCUT2D eigenvalue weighted by Crippen LogP contribution is 2.65. The molecule has 3 heteroatoms. The van der Waals surface area contributed by atoms with E-state index in [1.54, 1.807) is 0 Å². The smallest absolute Gasteiger partial charge is 0.0726 e. The van der Waals surface area contributed by atoms with E-state index in [1.807, 2.05) is 0 Å². The first kappa shape index (κ1) is 36.3. The van der Waals surface area contributed by atoms with Crippen LogP contribution >= 0.6 is 0 Å². The van der Waals surface area contributed by atoms with Gasteiger partial charge in [0.1, 0.15) is 0 Å². The SMILES string of the molecule is c1ccc(N(c2ccc3c(c2)-c2ccccc2C32c3ccccc3-c3c(N(c4ccccc4)c4ccccc4)cccc32)c2ccc3c4ccccc4n(-c4ccccc4)c3c2)cc1. The number of benzene rings is 10. The van der Waals surface area contributed by atoms with E-state index in [1.165, 1.54) is 72.0 Å². The molecule has 0 saturated carbocycles. The van der Waals surface area contributed by atoms with E-state index < -0.39 is 5.41 Å². The molecular weight excluding hydrogens is 775 g/mol. The molecule has 64 heavy (non-hydrogen) atoms. The zero-order chi connectivity index (χ0) is 42.2. The molecule has 1 heterocycles. The van der Waals surface area contributed by atoms with Crippen LogP contribution in [0.25, 0.3) is 49.7 Å². The molecular formula is C61H41N3. The second kappa shape index (κ2) is 14.3. The van der Waals surface area contributed by atoms with E-state index in [9.17, 15) is 0 Å². The minimum atomic E-state index is -0.515. The molecule has 1 spiro atoms. The summed E-state index contributed by atoms with van der Waals surface area (Å²) in [6, 6.07) is 91.2. The second-order valence-corrected chi connectivity index (χ2v) is 16.8. The lowest BCUT2D eigenvalue weighted by Gasteiger charge is -2.32. The summed E-state index contributed by atoms with van der Waals surface area (Å²) >= 11 is 0. The maximum absolute atomic E-state index is 2.44. The largest absolute Gasteiger partial charge is 0.310 e. The van der Waals surface area contributed by atoms with E-state index in [0.717, 1.165) is 34.1 Å². The number of rotatable bonds is 7. The normalized spacial score (nSPS) is 14.3. The van der Waals surface area contributed by atoms with Crippen molar-refractivity contribution in [2.24, 2.45) is 0 Å². The summed E-state index contributed by atoms with van der Waals surface area (Å²) < 4.78 is 2.40. The molecule has 0 fully saturated rings. The summed E-state index contributed by atoms with van der Waals surface area (Å²) in [4.78, 5) is 4.85. The highest BCUT2D eigenvalue weighted by atomic mass is 15.2. The Morgan fingerprint density at radius 2 is 0.797 bits per heavy atom. The first-order valence-corrected chi connectivity index (χ1v) is 22.1. The molecule has 2 aliphatic rings. The van der Waals surface area contributed by atoms with Gasteiger partial charge >= 0.3 is 0 Å². The van der Waals surface area contributed by atoms with Crippen molar-refractivity contribution in [2.75, 3.05) is 9.80 Å². The maximum Gasteiger partial charge on any atom is 0.0726 e. The molecule has 0 aliphatic heterocycles. The van der Waals surface area contributed by atoms with Crippen LogP contribution in [-0.2, 0) is 5.41 Å². The molecule has 2 aliphatic carbocycles. The standard InChI is InChI=1S/C61H41N3/c1-5-20-42(21-6-1)62(47-36-38-50-49-29-15-18-34-57(49)64(59(50)41-47)45-26-11-4-12-27-45)46-37-39-55-52(40-46)48-28-13-16-31-53(48)61(55)54-32-17-14-30-51(54)60-56(61)33-19-35-58(60)63(43-22-7-2-8-23-43)44-24-9-3-10-25-44/h1-41H.